The maximum atomic E-state index is 12.7. The number of non-ortho nitro benzene ring substituents is 1. The number of rotatable bonds is 4. The molecule has 0 aliphatic heterocycles. The van der Waals surface area contributed by atoms with E-state index < -0.39 is 14.9 Å². The van der Waals surface area contributed by atoms with Crippen LogP contribution in [0.25, 0.3) is 11.0 Å². The molecule has 1 aromatic heterocycles. The Kier molecular flexibility index (Phi) is 4.43. The van der Waals surface area contributed by atoms with Crippen molar-refractivity contribution >= 4 is 48.3 Å². The molecule has 0 radical (unpaired) electrons. The Labute approximate surface area is 163 Å². The quantitative estimate of drug-likeness (QED) is 0.454. The zero-order chi connectivity index (χ0) is 19.2. The molecular weight excluding hydrogens is 436 g/mol. The fraction of sp³-hybridized carbons (Fsp3) is 0.222. The SMILES string of the molecule is O=[N+]([O-])c1cccc(S(=O)(=O)Nc2cc(Br)c3oc4c(c3c2)CCCC4)c1. The summed E-state index contributed by atoms with van der Waals surface area (Å²) in [5.74, 6) is 0.954. The molecule has 0 saturated heterocycles. The molecule has 0 spiro atoms. The van der Waals surface area contributed by atoms with E-state index in [0.717, 1.165) is 48.5 Å². The number of anilines is 1. The molecular formula is C18H15BrN2O5S. The molecule has 0 atom stereocenters. The minimum atomic E-state index is -3.96. The van der Waals surface area contributed by atoms with Gasteiger partial charge in [0.2, 0.25) is 0 Å². The van der Waals surface area contributed by atoms with Crippen molar-refractivity contribution in [3.8, 4) is 0 Å². The van der Waals surface area contributed by atoms with Gasteiger partial charge in [0.05, 0.1) is 20.0 Å². The first-order chi connectivity index (χ1) is 12.8. The largest absolute Gasteiger partial charge is 0.460 e. The molecule has 9 heteroatoms. The second kappa shape index (κ2) is 6.65. The van der Waals surface area contributed by atoms with Crippen LogP contribution in [0, 0.1) is 10.1 Å². The van der Waals surface area contributed by atoms with Crippen LogP contribution in [0.15, 0.2) is 50.2 Å². The van der Waals surface area contributed by atoms with Crippen LogP contribution >= 0.6 is 15.9 Å². The number of furan rings is 1. The van der Waals surface area contributed by atoms with Gasteiger partial charge in [-0.15, -0.1) is 0 Å². The van der Waals surface area contributed by atoms with Crippen LogP contribution in [0.3, 0.4) is 0 Å². The second-order valence-electron chi connectivity index (χ2n) is 6.41. The Morgan fingerprint density at radius 2 is 1.93 bits per heavy atom. The van der Waals surface area contributed by atoms with E-state index in [4.69, 9.17) is 4.42 Å². The Bertz CT molecular complexity index is 1170. The van der Waals surface area contributed by atoms with Crippen LogP contribution in [0.5, 0.6) is 0 Å². The second-order valence-corrected chi connectivity index (χ2v) is 8.94. The number of nitro benzene ring substituents is 1. The summed E-state index contributed by atoms with van der Waals surface area (Å²) in [5, 5.41) is 11.8. The minimum absolute atomic E-state index is 0.165. The highest BCUT2D eigenvalue weighted by atomic mass is 79.9. The maximum absolute atomic E-state index is 12.7. The van der Waals surface area contributed by atoms with E-state index in [2.05, 4.69) is 20.7 Å². The average Bonchev–Trinajstić information content (AvgIpc) is 3.01. The normalized spacial score (nSPS) is 14.1. The number of sulfonamides is 1. The molecule has 2 aromatic carbocycles. The number of hydrogen-bond donors (Lipinski definition) is 1. The lowest BCUT2D eigenvalue weighted by molar-refractivity contribution is -0.385. The van der Waals surface area contributed by atoms with Gasteiger partial charge >= 0.3 is 0 Å². The topological polar surface area (TPSA) is 102 Å². The number of halogens is 1. The van der Waals surface area contributed by atoms with Gasteiger partial charge in [0.25, 0.3) is 15.7 Å². The van der Waals surface area contributed by atoms with Crippen molar-refractivity contribution in [2.75, 3.05) is 4.72 Å². The van der Waals surface area contributed by atoms with E-state index in [1.165, 1.54) is 18.2 Å². The molecule has 1 heterocycles. The molecule has 27 heavy (non-hydrogen) atoms. The molecule has 0 fully saturated rings. The number of benzene rings is 2. The lowest BCUT2D eigenvalue weighted by atomic mass is 9.96. The van der Waals surface area contributed by atoms with Crippen molar-refractivity contribution in [2.24, 2.45) is 0 Å². The number of hydrogen-bond acceptors (Lipinski definition) is 5. The first-order valence-electron chi connectivity index (χ1n) is 8.36. The van der Waals surface area contributed by atoms with Gasteiger partial charge in [-0.1, -0.05) is 6.07 Å². The van der Waals surface area contributed by atoms with E-state index >= 15 is 0 Å². The zero-order valence-corrected chi connectivity index (χ0v) is 16.5. The molecule has 0 bridgehead atoms. The molecule has 0 saturated carbocycles. The van der Waals surface area contributed by atoms with Gasteiger partial charge in [0.15, 0.2) is 0 Å². The van der Waals surface area contributed by atoms with Crippen LogP contribution in [0.4, 0.5) is 11.4 Å². The van der Waals surface area contributed by atoms with Crippen molar-refractivity contribution in [1.29, 1.82) is 0 Å². The van der Waals surface area contributed by atoms with Crippen molar-refractivity contribution in [3.05, 3.63) is 62.3 Å². The number of nitro groups is 1. The van der Waals surface area contributed by atoms with Crippen molar-refractivity contribution in [2.45, 2.75) is 30.6 Å². The first-order valence-corrected chi connectivity index (χ1v) is 10.6. The summed E-state index contributed by atoms with van der Waals surface area (Å²) < 4.78 is 34.5. The highest BCUT2D eigenvalue weighted by Gasteiger charge is 2.22. The van der Waals surface area contributed by atoms with Crippen LogP contribution in [-0.2, 0) is 22.9 Å². The lowest BCUT2D eigenvalue weighted by Gasteiger charge is -2.10. The van der Waals surface area contributed by atoms with E-state index in [1.807, 2.05) is 0 Å². The molecule has 1 aliphatic carbocycles. The van der Waals surface area contributed by atoms with Crippen LogP contribution in [0.2, 0.25) is 0 Å². The van der Waals surface area contributed by atoms with E-state index in [-0.39, 0.29) is 10.6 Å². The lowest BCUT2D eigenvalue weighted by Crippen LogP contribution is -2.13. The fourth-order valence-electron chi connectivity index (χ4n) is 3.36. The van der Waals surface area contributed by atoms with Crippen LogP contribution < -0.4 is 4.72 Å². The Morgan fingerprint density at radius 1 is 1.15 bits per heavy atom. The molecule has 1 N–H and O–H groups in total. The van der Waals surface area contributed by atoms with Crippen molar-refractivity contribution in [1.82, 2.24) is 0 Å². The maximum Gasteiger partial charge on any atom is 0.270 e. The molecule has 0 amide bonds. The number of nitrogens with zero attached hydrogens (tertiary/aromatic N) is 1. The van der Waals surface area contributed by atoms with Crippen LogP contribution in [0.1, 0.15) is 24.2 Å². The Balaban J connectivity index is 1.74. The Hall–Kier alpha value is -2.39. The average molecular weight is 451 g/mol. The highest BCUT2D eigenvalue weighted by molar-refractivity contribution is 9.10. The standard InChI is InChI=1S/C18H15BrN2O5S/c19-16-9-11(8-15-14-6-1-2-7-17(14)26-18(15)16)20-27(24,25)13-5-3-4-12(10-13)21(22)23/h3-5,8-10,20H,1-2,6-7H2. The summed E-state index contributed by atoms with van der Waals surface area (Å²) >= 11 is 3.45. The van der Waals surface area contributed by atoms with Crippen molar-refractivity contribution < 1.29 is 17.8 Å². The van der Waals surface area contributed by atoms with Crippen LogP contribution in [-0.4, -0.2) is 13.3 Å². The molecule has 1 aliphatic rings. The predicted molar refractivity (Wildman–Crippen MR) is 104 cm³/mol. The molecule has 140 valence electrons. The summed E-state index contributed by atoms with van der Waals surface area (Å²) in [6.07, 6.45) is 3.93. The van der Waals surface area contributed by atoms with Gasteiger partial charge in [-0.2, -0.15) is 0 Å². The number of fused-ring (bicyclic) bond motifs is 3. The van der Waals surface area contributed by atoms with Gasteiger partial charge in [-0.3, -0.25) is 14.8 Å². The molecule has 3 aromatic rings. The summed E-state index contributed by atoms with van der Waals surface area (Å²) in [4.78, 5) is 10.1. The summed E-state index contributed by atoms with van der Waals surface area (Å²) in [6.45, 7) is 0. The zero-order valence-electron chi connectivity index (χ0n) is 14.1. The highest BCUT2D eigenvalue weighted by Crippen LogP contribution is 2.38. The number of nitrogens with one attached hydrogen (secondary N) is 1. The Morgan fingerprint density at radius 3 is 2.70 bits per heavy atom. The molecule has 4 rings (SSSR count). The van der Waals surface area contributed by atoms with Gasteiger partial charge < -0.3 is 4.42 Å². The summed E-state index contributed by atoms with van der Waals surface area (Å²) in [6, 6.07) is 8.34. The van der Waals surface area contributed by atoms with Gasteiger partial charge in [-0.05, 0) is 53.4 Å². The third-order valence-corrected chi connectivity index (χ3v) is 6.57. The third kappa shape index (κ3) is 3.32. The molecule has 7 nitrogen and oxygen atoms in total. The van der Waals surface area contributed by atoms with Gasteiger partial charge in [-0.25, -0.2) is 8.42 Å². The van der Waals surface area contributed by atoms with Gasteiger partial charge in [0, 0.05) is 29.5 Å². The predicted octanol–water partition coefficient (Wildman–Crippen LogP) is 4.78. The smallest absolute Gasteiger partial charge is 0.270 e. The van der Waals surface area contributed by atoms with E-state index in [1.54, 1.807) is 12.1 Å². The van der Waals surface area contributed by atoms with E-state index in [9.17, 15) is 18.5 Å². The number of aryl methyl sites for hydroxylation is 2. The summed E-state index contributed by atoms with van der Waals surface area (Å²) in [5.41, 5.74) is 1.92. The first kappa shape index (κ1) is 18.0. The molecule has 0 unspecified atom stereocenters. The van der Waals surface area contributed by atoms with E-state index in [0.29, 0.717) is 15.7 Å². The van der Waals surface area contributed by atoms with Crippen molar-refractivity contribution in [3.63, 3.8) is 0 Å². The third-order valence-electron chi connectivity index (χ3n) is 4.60. The minimum Gasteiger partial charge on any atom is -0.460 e. The monoisotopic (exact) mass is 450 g/mol. The summed E-state index contributed by atoms with van der Waals surface area (Å²) in [7, 11) is -3.96. The van der Waals surface area contributed by atoms with Gasteiger partial charge in [0.1, 0.15) is 11.3 Å². The fourth-order valence-corrected chi connectivity index (χ4v) is 4.98.